The maximum absolute atomic E-state index is 13.8. The van der Waals surface area contributed by atoms with Crippen LogP contribution < -0.4 is 21.7 Å². The van der Waals surface area contributed by atoms with Crippen LogP contribution >= 0.6 is 11.3 Å². The van der Waals surface area contributed by atoms with E-state index < -0.39 is 48.0 Å². The molecule has 18 heteroatoms. The lowest BCUT2D eigenvalue weighted by atomic mass is 9.98. The van der Waals surface area contributed by atoms with Crippen molar-refractivity contribution in [3.05, 3.63) is 111 Å². The van der Waals surface area contributed by atoms with Gasteiger partial charge in [0.2, 0.25) is 23.6 Å². The van der Waals surface area contributed by atoms with Gasteiger partial charge in [-0.05, 0) is 90.6 Å². The Kier molecular flexibility index (Phi) is 17.5. The number of anilines is 1. The lowest BCUT2D eigenvalue weighted by molar-refractivity contribution is -0.140. The predicted molar refractivity (Wildman–Crippen MR) is 287 cm³/mol. The number of hydrogen-bond donors (Lipinski definition) is 4. The van der Waals surface area contributed by atoms with Gasteiger partial charge in [-0.25, -0.2) is 14.6 Å². The number of rotatable bonds is 18. The third-order valence-electron chi connectivity index (χ3n) is 14.0. The molecule has 8 rings (SSSR count). The smallest absolute Gasteiger partial charge is 0.410 e. The number of carbonyl (C=O) groups is 6. The van der Waals surface area contributed by atoms with Gasteiger partial charge in [0.1, 0.15) is 37.2 Å². The van der Waals surface area contributed by atoms with Crippen molar-refractivity contribution in [1.29, 1.82) is 0 Å². The van der Waals surface area contributed by atoms with Crippen LogP contribution in [-0.4, -0.2) is 132 Å². The van der Waals surface area contributed by atoms with Gasteiger partial charge in [0.05, 0.1) is 10.6 Å². The Morgan fingerprint density at radius 2 is 1.50 bits per heavy atom. The minimum atomic E-state index is -0.956. The molecule has 2 saturated heterocycles. The van der Waals surface area contributed by atoms with Gasteiger partial charge >= 0.3 is 12.2 Å². The number of fused-ring (bicyclic) bond motifs is 4. The van der Waals surface area contributed by atoms with Crippen molar-refractivity contribution >= 4 is 70.4 Å². The molecule has 1 aliphatic carbocycles. The number of amidine groups is 1. The third-order valence-corrected chi connectivity index (χ3v) is 15.1. The molecule has 2 fully saturated rings. The molecule has 0 bridgehead atoms. The fourth-order valence-corrected chi connectivity index (χ4v) is 11.3. The van der Waals surface area contributed by atoms with Crippen molar-refractivity contribution < 1.29 is 38.2 Å². The van der Waals surface area contributed by atoms with Crippen LogP contribution in [0.15, 0.2) is 89.4 Å². The summed E-state index contributed by atoms with van der Waals surface area (Å²) in [5.41, 5.74) is 13.3. The number of alkyl carbamates (subject to hydrolysis) is 1. The Morgan fingerprint density at radius 1 is 0.838 bits per heavy atom. The number of nitrogens with zero attached hydrogens (tertiary/aromatic N) is 5. The van der Waals surface area contributed by atoms with E-state index in [-0.39, 0.29) is 31.0 Å². The normalized spacial score (nSPS) is 17.2. The van der Waals surface area contributed by atoms with E-state index in [0.29, 0.717) is 88.7 Å². The van der Waals surface area contributed by atoms with Crippen LogP contribution in [0.1, 0.15) is 99.1 Å². The molecular formula is C56H69N9O8S. The van der Waals surface area contributed by atoms with Crippen molar-refractivity contribution in [1.82, 2.24) is 30.2 Å². The molecular weight excluding hydrogens is 959 g/mol. The van der Waals surface area contributed by atoms with Gasteiger partial charge in [-0.1, -0.05) is 88.4 Å². The Hall–Kier alpha value is -7.05. The molecule has 3 atom stereocenters. The number of amides is 6. The molecule has 6 amide bonds. The average Bonchev–Trinajstić information content (AvgIpc) is 4.09. The van der Waals surface area contributed by atoms with E-state index in [1.54, 1.807) is 47.4 Å². The highest BCUT2D eigenvalue weighted by Gasteiger charge is 2.39. The van der Waals surface area contributed by atoms with Crippen LogP contribution in [-0.2, 0) is 41.8 Å². The minimum absolute atomic E-state index is 0.0141. The van der Waals surface area contributed by atoms with Crippen LogP contribution in [0.2, 0.25) is 0 Å². The first kappa shape index (κ1) is 53.2. The first-order chi connectivity index (χ1) is 35.7. The molecule has 0 spiro atoms. The van der Waals surface area contributed by atoms with E-state index in [9.17, 15) is 28.8 Å². The summed E-state index contributed by atoms with van der Waals surface area (Å²) < 4.78 is 11.4. The van der Waals surface area contributed by atoms with Crippen molar-refractivity contribution in [2.24, 2.45) is 16.6 Å². The van der Waals surface area contributed by atoms with Crippen molar-refractivity contribution in [2.45, 2.75) is 104 Å². The zero-order valence-electron chi connectivity index (χ0n) is 43.1. The predicted octanol–water partition coefficient (Wildman–Crippen LogP) is 7.62. The molecule has 392 valence electrons. The van der Waals surface area contributed by atoms with Crippen LogP contribution in [0.4, 0.5) is 21.0 Å². The SMILES string of the molecule is CCCN(CCC)C(=O)C1=Cc2sc(CN3CCN(C(=O)OCc4ccc(NC(=O)C(NC(=O)[C@@H]5CCCN5C(=O)[C@@H](C)NC(=O)OCC5c6ccccc6-c6ccccc65)C(C)C)cc4)CC3)cc2N=C(N)C1. The molecule has 17 nitrogen and oxygen atoms in total. The number of ether oxygens (including phenoxy) is 2. The number of aliphatic imine (C=N–C) groups is 1. The molecule has 1 aromatic heterocycles. The van der Waals surface area contributed by atoms with Crippen LogP contribution in [0.25, 0.3) is 17.2 Å². The third kappa shape index (κ3) is 12.6. The minimum Gasteiger partial charge on any atom is -0.449 e. The number of carbonyl (C=O) groups excluding carboxylic acids is 6. The fourth-order valence-electron chi connectivity index (χ4n) is 10.2. The molecule has 3 aliphatic heterocycles. The largest absolute Gasteiger partial charge is 0.449 e. The second kappa shape index (κ2) is 24.3. The Morgan fingerprint density at radius 3 is 2.15 bits per heavy atom. The molecule has 4 aromatic rings. The fraction of sp³-hybridized carbons (Fsp3) is 0.446. The first-order valence-corrected chi connectivity index (χ1v) is 26.7. The molecule has 3 aromatic carbocycles. The average molecular weight is 1030 g/mol. The van der Waals surface area contributed by atoms with Gasteiger partial charge in [0.15, 0.2) is 0 Å². The summed E-state index contributed by atoms with van der Waals surface area (Å²) in [6.45, 7) is 14.3. The van der Waals surface area contributed by atoms with E-state index in [4.69, 9.17) is 15.2 Å². The second-order valence-electron chi connectivity index (χ2n) is 19.8. The van der Waals surface area contributed by atoms with Crippen LogP contribution in [0, 0.1) is 5.92 Å². The summed E-state index contributed by atoms with van der Waals surface area (Å²) >= 11 is 1.61. The van der Waals surface area contributed by atoms with Gasteiger partial charge in [-0.3, -0.25) is 24.1 Å². The van der Waals surface area contributed by atoms with E-state index in [1.165, 1.54) is 4.90 Å². The number of hydrogen-bond acceptors (Lipinski definition) is 12. The molecule has 74 heavy (non-hydrogen) atoms. The van der Waals surface area contributed by atoms with Crippen LogP contribution in [0.5, 0.6) is 0 Å². The zero-order chi connectivity index (χ0) is 52.5. The van der Waals surface area contributed by atoms with Gasteiger partial charge in [0.25, 0.3) is 0 Å². The van der Waals surface area contributed by atoms with Crippen molar-refractivity contribution in [3.8, 4) is 11.1 Å². The van der Waals surface area contributed by atoms with E-state index >= 15 is 0 Å². The highest BCUT2D eigenvalue weighted by molar-refractivity contribution is 7.13. The highest BCUT2D eigenvalue weighted by atomic mass is 32.1. The van der Waals surface area contributed by atoms with E-state index in [2.05, 4.69) is 51.8 Å². The van der Waals surface area contributed by atoms with Gasteiger partial charge in [0, 0.05) is 80.8 Å². The van der Waals surface area contributed by atoms with Gasteiger partial charge < -0.3 is 45.9 Å². The topological polar surface area (TPSA) is 208 Å². The van der Waals surface area contributed by atoms with Gasteiger partial charge in [-0.2, -0.15) is 0 Å². The maximum atomic E-state index is 13.8. The van der Waals surface area contributed by atoms with Crippen molar-refractivity contribution in [3.63, 3.8) is 0 Å². The Balaban J connectivity index is 0.763. The van der Waals surface area contributed by atoms with Gasteiger partial charge in [-0.15, -0.1) is 11.3 Å². The first-order valence-electron chi connectivity index (χ1n) is 25.9. The quantitative estimate of drug-likeness (QED) is 0.0767. The summed E-state index contributed by atoms with van der Waals surface area (Å²) in [5.74, 6) is -1.25. The highest BCUT2D eigenvalue weighted by Crippen LogP contribution is 2.44. The standard InChI is InChI=1S/C56H69N9O8S/c1-6-22-63(23-7-2)54(69)38-29-48-46(60-49(57)30-38)31-40(74-48)32-62-25-27-64(28-26-62)56(71)73-33-37-18-20-39(21-19-37)59-52(67)50(35(3)4)61-51(66)47-17-12-24-65(47)53(68)36(5)58-55(70)72-34-45-43-15-10-8-13-41(43)42-14-9-11-16-44(42)45/h8-11,13-16,18-21,29,31,35-36,45,47,50H,6-7,12,17,22-28,30,32-34H2,1-5H3,(H2,57,60)(H,58,70)(H,59,67)(H,61,66)/t36-,47+,50?/m1/s1. The van der Waals surface area contributed by atoms with Crippen molar-refractivity contribution in [2.75, 3.05) is 57.7 Å². The number of thiophene rings is 1. The second-order valence-corrected chi connectivity index (χ2v) is 21.0. The monoisotopic (exact) mass is 1030 g/mol. The summed E-state index contributed by atoms with van der Waals surface area (Å²) in [5, 5.41) is 8.44. The molecule has 4 aliphatic rings. The zero-order valence-corrected chi connectivity index (χ0v) is 43.9. The van der Waals surface area contributed by atoms with Crippen LogP contribution in [0.3, 0.4) is 0 Å². The molecule has 5 N–H and O–H groups in total. The maximum Gasteiger partial charge on any atom is 0.410 e. The Bertz CT molecular complexity index is 2710. The molecule has 0 radical (unpaired) electrons. The molecule has 0 saturated carbocycles. The van der Waals surface area contributed by atoms with E-state index in [1.807, 2.05) is 67.3 Å². The molecule has 4 heterocycles. The van der Waals surface area contributed by atoms with E-state index in [0.717, 1.165) is 56.1 Å². The lowest BCUT2D eigenvalue weighted by Gasteiger charge is -2.33. The summed E-state index contributed by atoms with van der Waals surface area (Å²) in [7, 11) is 0. The number of nitrogens with one attached hydrogen (secondary N) is 3. The summed E-state index contributed by atoms with van der Waals surface area (Å²) in [6, 6.07) is 22.4. The molecule has 1 unspecified atom stereocenters. The number of nitrogens with two attached hydrogens (primary N) is 1. The lowest BCUT2D eigenvalue weighted by Crippen LogP contribution is -2.56. The Labute approximate surface area is 437 Å². The number of likely N-dealkylation sites (tertiary alicyclic amines) is 1. The summed E-state index contributed by atoms with van der Waals surface area (Å²) in [4.78, 5) is 94.7. The summed E-state index contributed by atoms with van der Waals surface area (Å²) in [6.07, 6.45) is 3.92. The number of benzene rings is 3. The number of piperazine rings is 1.